The van der Waals surface area contributed by atoms with Crippen LogP contribution in [-0.4, -0.2) is 33.8 Å². The van der Waals surface area contributed by atoms with Crippen LogP contribution in [0.15, 0.2) is 16.7 Å². The van der Waals surface area contributed by atoms with Gasteiger partial charge in [0.2, 0.25) is 15.0 Å². The molecule has 0 radical (unpaired) electrons. The van der Waals surface area contributed by atoms with Gasteiger partial charge in [-0.1, -0.05) is 0 Å². The van der Waals surface area contributed by atoms with Crippen LogP contribution in [0.1, 0.15) is 22.8 Å². The Morgan fingerprint density at radius 1 is 1.45 bits per heavy atom. The lowest BCUT2D eigenvalue weighted by molar-refractivity contribution is 0.271. The Morgan fingerprint density at radius 3 is 2.75 bits per heavy atom. The largest absolute Gasteiger partial charge is 0.390 e. The molecule has 2 rings (SSSR count). The molecule has 0 unspecified atom stereocenters. The molecule has 0 amide bonds. The van der Waals surface area contributed by atoms with Crippen molar-refractivity contribution in [2.45, 2.75) is 31.5 Å². The summed E-state index contributed by atoms with van der Waals surface area (Å²) < 4.78 is 25.8. The van der Waals surface area contributed by atoms with Crippen molar-refractivity contribution in [3.8, 4) is 0 Å². The Balaban J connectivity index is 2.02. The van der Waals surface area contributed by atoms with Crippen molar-refractivity contribution in [2.75, 3.05) is 5.75 Å². The number of aromatic nitrogens is 3. The molecule has 0 bridgehead atoms. The third kappa shape index (κ3) is 3.25. The maximum absolute atomic E-state index is 12.2. The van der Waals surface area contributed by atoms with Gasteiger partial charge in [-0.05, 0) is 19.8 Å². The van der Waals surface area contributed by atoms with Gasteiger partial charge in [-0.3, -0.25) is 0 Å². The third-order valence-corrected chi connectivity index (χ3v) is 5.58. The Kier molecular flexibility index (Phi) is 4.56. The zero-order valence-electron chi connectivity index (χ0n) is 11.4. The molecule has 2 aromatic rings. The first kappa shape index (κ1) is 15.1. The topological polar surface area (TPSA) is 85.1 Å². The average Bonchev–Trinajstić information content (AvgIpc) is 2.95. The molecule has 110 valence electrons. The fraction of sp³-hybridized carbons (Fsp3) is 0.500. The van der Waals surface area contributed by atoms with Gasteiger partial charge in [-0.25, -0.2) is 18.4 Å². The van der Waals surface area contributed by atoms with Crippen LogP contribution in [0.3, 0.4) is 0 Å². The summed E-state index contributed by atoms with van der Waals surface area (Å²) in [5.41, 5.74) is 1.41. The van der Waals surface area contributed by atoms with E-state index in [-0.39, 0.29) is 17.5 Å². The molecule has 0 spiro atoms. The first-order valence-electron chi connectivity index (χ1n) is 6.19. The van der Waals surface area contributed by atoms with E-state index in [4.69, 9.17) is 5.11 Å². The molecular weight excluding hydrogens is 298 g/mol. The molecule has 0 aromatic carbocycles. The number of aliphatic hydroxyl groups is 1. The van der Waals surface area contributed by atoms with Gasteiger partial charge in [-0.2, -0.15) is 0 Å². The van der Waals surface area contributed by atoms with E-state index in [1.54, 1.807) is 18.4 Å². The van der Waals surface area contributed by atoms with Gasteiger partial charge in [0.25, 0.3) is 0 Å². The van der Waals surface area contributed by atoms with Crippen molar-refractivity contribution in [1.82, 2.24) is 14.5 Å². The lowest BCUT2D eigenvalue weighted by atomic mass is 10.3. The zero-order valence-corrected chi connectivity index (χ0v) is 13.0. The molecule has 8 heteroatoms. The smallest absolute Gasteiger partial charge is 0.227 e. The molecular formula is C12H17N3O3S2. The molecule has 2 aromatic heterocycles. The lowest BCUT2D eigenvalue weighted by Crippen LogP contribution is -2.14. The van der Waals surface area contributed by atoms with E-state index in [0.29, 0.717) is 18.5 Å². The number of nitrogens with zero attached hydrogens (tertiary/aromatic N) is 3. The van der Waals surface area contributed by atoms with Crippen LogP contribution >= 0.6 is 11.3 Å². The third-order valence-electron chi connectivity index (χ3n) is 2.99. The Labute approximate surface area is 122 Å². The summed E-state index contributed by atoms with van der Waals surface area (Å²) in [4.78, 5) is 8.20. The Bertz CT molecular complexity index is 689. The van der Waals surface area contributed by atoms with Gasteiger partial charge in [-0.15, -0.1) is 11.3 Å². The minimum atomic E-state index is -3.43. The summed E-state index contributed by atoms with van der Waals surface area (Å²) in [6, 6.07) is 0. The zero-order chi connectivity index (χ0) is 14.8. The van der Waals surface area contributed by atoms with Gasteiger partial charge in [0.1, 0.15) is 0 Å². The second kappa shape index (κ2) is 6.02. The van der Waals surface area contributed by atoms with Crippen LogP contribution in [0, 0.1) is 6.92 Å². The molecule has 0 aliphatic rings. The maximum atomic E-state index is 12.2. The standard InChI is InChI=1S/C12H17N3O3S2/c1-9-14-10(8-19-9)4-3-5-20(17,18)12-13-6-11(7-16)15(12)2/h6,8,16H,3-5,7H2,1-2H3. The number of sulfone groups is 1. The van der Waals surface area contributed by atoms with E-state index >= 15 is 0 Å². The SMILES string of the molecule is Cc1nc(CCCS(=O)(=O)c2ncc(CO)n2C)cs1. The summed E-state index contributed by atoms with van der Waals surface area (Å²) in [5.74, 6) is 0.0271. The molecule has 20 heavy (non-hydrogen) atoms. The van der Waals surface area contributed by atoms with Gasteiger partial charge in [0.15, 0.2) is 0 Å². The van der Waals surface area contributed by atoms with Crippen LogP contribution in [0.25, 0.3) is 0 Å². The summed E-state index contributed by atoms with van der Waals surface area (Å²) in [6.45, 7) is 1.70. The molecule has 0 saturated carbocycles. The van der Waals surface area contributed by atoms with Crippen LogP contribution in [0.2, 0.25) is 0 Å². The molecule has 0 atom stereocenters. The highest BCUT2D eigenvalue weighted by Crippen LogP contribution is 2.14. The van der Waals surface area contributed by atoms with E-state index < -0.39 is 9.84 Å². The monoisotopic (exact) mass is 315 g/mol. The van der Waals surface area contributed by atoms with Gasteiger partial charge >= 0.3 is 0 Å². The summed E-state index contributed by atoms with van der Waals surface area (Å²) >= 11 is 1.56. The summed E-state index contributed by atoms with van der Waals surface area (Å²) in [5, 5.41) is 12.0. The number of aliphatic hydroxyl groups excluding tert-OH is 1. The Hall–Kier alpha value is -1.25. The van der Waals surface area contributed by atoms with E-state index in [9.17, 15) is 8.42 Å². The van der Waals surface area contributed by atoms with Crippen molar-refractivity contribution in [1.29, 1.82) is 0 Å². The highest BCUT2D eigenvalue weighted by molar-refractivity contribution is 7.91. The van der Waals surface area contributed by atoms with E-state index in [1.165, 1.54) is 10.8 Å². The minimum Gasteiger partial charge on any atom is -0.390 e. The van der Waals surface area contributed by atoms with Crippen LogP contribution < -0.4 is 0 Å². The summed E-state index contributed by atoms with van der Waals surface area (Å²) in [6.07, 6.45) is 2.53. The number of rotatable bonds is 6. The average molecular weight is 315 g/mol. The predicted octanol–water partition coefficient (Wildman–Crippen LogP) is 1.08. The van der Waals surface area contributed by atoms with Crippen molar-refractivity contribution in [3.05, 3.63) is 28.0 Å². The highest BCUT2D eigenvalue weighted by atomic mass is 32.2. The predicted molar refractivity (Wildman–Crippen MR) is 76.4 cm³/mol. The molecule has 0 saturated heterocycles. The highest BCUT2D eigenvalue weighted by Gasteiger charge is 2.21. The second-order valence-corrected chi connectivity index (χ2v) is 7.59. The van der Waals surface area contributed by atoms with Crippen LogP contribution in [0.5, 0.6) is 0 Å². The van der Waals surface area contributed by atoms with Crippen molar-refractivity contribution in [2.24, 2.45) is 7.05 Å². The molecule has 1 N–H and O–H groups in total. The van der Waals surface area contributed by atoms with Gasteiger partial charge < -0.3 is 9.67 Å². The quantitative estimate of drug-likeness (QED) is 0.862. The maximum Gasteiger partial charge on any atom is 0.227 e. The molecule has 0 fully saturated rings. The number of aryl methyl sites for hydroxylation is 2. The normalized spacial score (nSPS) is 11.9. The lowest BCUT2D eigenvalue weighted by Gasteiger charge is -2.05. The number of hydrogen-bond acceptors (Lipinski definition) is 6. The number of imidazole rings is 1. The first-order valence-corrected chi connectivity index (χ1v) is 8.72. The molecule has 0 aliphatic carbocycles. The molecule has 0 aliphatic heterocycles. The number of thiazole rings is 1. The van der Waals surface area contributed by atoms with Gasteiger partial charge in [0.05, 0.1) is 35.0 Å². The van der Waals surface area contributed by atoms with Crippen molar-refractivity contribution < 1.29 is 13.5 Å². The fourth-order valence-electron chi connectivity index (χ4n) is 1.92. The van der Waals surface area contributed by atoms with E-state index in [2.05, 4.69) is 9.97 Å². The van der Waals surface area contributed by atoms with Crippen molar-refractivity contribution in [3.63, 3.8) is 0 Å². The minimum absolute atomic E-state index is 0.0102. The number of hydrogen-bond donors (Lipinski definition) is 1. The fourth-order valence-corrected chi connectivity index (χ4v) is 4.02. The molecule has 6 nitrogen and oxygen atoms in total. The van der Waals surface area contributed by atoms with Crippen molar-refractivity contribution >= 4 is 21.2 Å². The van der Waals surface area contributed by atoms with E-state index in [1.807, 2.05) is 12.3 Å². The van der Waals surface area contributed by atoms with Gasteiger partial charge in [0, 0.05) is 12.4 Å². The Morgan fingerprint density at radius 2 is 2.20 bits per heavy atom. The van der Waals surface area contributed by atoms with Crippen LogP contribution in [-0.2, 0) is 29.9 Å². The summed E-state index contributed by atoms with van der Waals surface area (Å²) in [7, 11) is -1.83. The first-order chi connectivity index (χ1) is 9.44. The second-order valence-electron chi connectivity index (χ2n) is 4.53. The van der Waals surface area contributed by atoms with E-state index in [0.717, 1.165) is 10.7 Å². The molecule has 2 heterocycles. The van der Waals surface area contributed by atoms with Crippen LogP contribution in [0.4, 0.5) is 0 Å².